The molecule has 2 aromatic rings. The molecule has 2 atom stereocenters. The lowest BCUT2D eigenvalue weighted by atomic mass is 10.0. The molecule has 18 nitrogen and oxygen atoms in total. The van der Waals surface area contributed by atoms with Gasteiger partial charge >= 0.3 is 29.8 Å². The summed E-state index contributed by atoms with van der Waals surface area (Å²) >= 11 is 2.38. The number of anilines is 1. The molecule has 1 fully saturated rings. The maximum atomic E-state index is 13.0. The fourth-order valence-corrected chi connectivity index (χ4v) is 6.71. The largest absolute Gasteiger partial charge is 0.477 e. The van der Waals surface area contributed by atoms with Crippen molar-refractivity contribution in [1.82, 2.24) is 15.2 Å². The second-order valence-electron chi connectivity index (χ2n) is 12.4. The van der Waals surface area contributed by atoms with Crippen LogP contribution in [-0.2, 0) is 49.5 Å². The van der Waals surface area contributed by atoms with E-state index in [1.165, 1.54) is 37.3 Å². The maximum absolute atomic E-state index is 13.0. The minimum atomic E-state index is -1.60. The smallest absolute Gasteiger partial charge is 0.353 e. The third-order valence-corrected chi connectivity index (χ3v) is 9.16. The number of amides is 2. The lowest BCUT2D eigenvalue weighted by Gasteiger charge is -2.49. The number of nitrogens with two attached hydrogens (primary N) is 1. The number of aromatic nitrogens is 1. The Kier molecular flexibility index (Phi) is 11.9. The zero-order valence-electron chi connectivity index (χ0n) is 28.7. The number of oxime groups is 1. The van der Waals surface area contributed by atoms with Gasteiger partial charge in [-0.1, -0.05) is 5.16 Å². The Bertz CT molecular complexity index is 1870. The predicted molar refractivity (Wildman–Crippen MR) is 183 cm³/mol. The molecular formula is C32H35N5O13S2. The molecule has 0 aliphatic carbocycles. The minimum Gasteiger partial charge on any atom is -0.477 e. The number of carbonyl (C=O) groups is 7. The molecule has 52 heavy (non-hydrogen) atoms. The van der Waals surface area contributed by atoms with Gasteiger partial charge in [0.15, 0.2) is 16.6 Å². The molecule has 1 aromatic carbocycles. The first kappa shape index (κ1) is 39.3. The summed E-state index contributed by atoms with van der Waals surface area (Å²) in [5, 5.41) is 17.3. The molecule has 0 saturated carbocycles. The monoisotopic (exact) mass is 761 g/mol. The van der Waals surface area contributed by atoms with E-state index in [-0.39, 0.29) is 28.4 Å². The number of aliphatic carboxylic acids is 1. The van der Waals surface area contributed by atoms with E-state index in [0.717, 1.165) is 42.8 Å². The zero-order valence-corrected chi connectivity index (χ0v) is 30.4. The lowest BCUT2D eigenvalue weighted by Crippen LogP contribution is -2.70. The molecule has 4 rings (SSSR count). The summed E-state index contributed by atoms with van der Waals surface area (Å²) < 4.78 is 20.9. The summed E-state index contributed by atoms with van der Waals surface area (Å²) in [4.78, 5) is 96.8. The van der Waals surface area contributed by atoms with Crippen molar-refractivity contribution < 1.29 is 62.5 Å². The summed E-state index contributed by atoms with van der Waals surface area (Å²) in [5.41, 5.74) is 3.36. The molecule has 3 heterocycles. The number of benzene rings is 1. The van der Waals surface area contributed by atoms with Gasteiger partial charge in [-0.25, -0.2) is 19.4 Å². The highest BCUT2D eigenvalue weighted by molar-refractivity contribution is 8.00. The number of fused-ring (bicyclic) bond motifs is 1. The van der Waals surface area contributed by atoms with Crippen LogP contribution in [0.3, 0.4) is 0 Å². The first-order valence-electron chi connectivity index (χ1n) is 15.3. The molecule has 0 unspecified atom stereocenters. The number of hydrogen-bond acceptors (Lipinski definition) is 17. The van der Waals surface area contributed by atoms with Crippen LogP contribution in [0.4, 0.5) is 5.13 Å². The number of ether oxygens (including phenoxy) is 4. The van der Waals surface area contributed by atoms with E-state index in [0.29, 0.717) is 17.2 Å². The van der Waals surface area contributed by atoms with Gasteiger partial charge in [0, 0.05) is 37.0 Å². The highest BCUT2D eigenvalue weighted by Gasteiger charge is 2.54. The van der Waals surface area contributed by atoms with Crippen molar-refractivity contribution in [2.45, 2.75) is 70.6 Å². The fraction of sp³-hybridized carbons (Fsp3) is 0.406. The Balaban J connectivity index is 1.34. The van der Waals surface area contributed by atoms with E-state index in [1.807, 2.05) is 0 Å². The average molecular weight is 762 g/mol. The summed E-state index contributed by atoms with van der Waals surface area (Å²) in [6, 6.07) is 2.48. The van der Waals surface area contributed by atoms with Gasteiger partial charge < -0.3 is 39.9 Å². The van der Waals surface area contributed by atoms with Crippen molar-refractivity contribution in [3.8, 4) is 11.5 Å². The van der Waals surface area contributed by atoms with Gasteiger partial charge in [-0.15, -0.1) is 23.1 Å². The standard InChI is InChI=1S/C32H35N5O13S2/c1-15(38)47-20-8-7-17(9-21(20)48-16(2)39)28(44)46-12-18-13-51-26-23(25(41)37(26)24(18)27(42)43)36-22(40)11-34-50-32(5,6)29(45)49-31(3,4)10-19-14-52-30(33)35-19/h7-9,11,14,23,26H,10,12-13H2,1-6H3,(H2,33,35)(H,36,40)(H,42,43)/t23-,26-/m1/s1. The molecule has 2 aliphatic rings. The quantitative estimate of drug-likeness (QED) is 0.0816. The molecule has 0 radical (unpaired) electrons. The number of hydrogen-bond donors (Lipinski definition) is 3. The highest BCUT2D eigenvalue weighted by Crippen LogP contribution is 2.40. The number of carboxylic acid groups (broad SMARTS) is 1. The maximum Gasteiger partial charge on any atom is 0.353 e. The van der Waals surface area contributed by atoms with Crippen LogP contribution >= 0.6 is 23.1 Å². The molecular weight excluding hydrogens is 727 g/mol. The van der Waals surface area contributed by atoms with Crippen molar-refractivity contribution in [2.75, 3.05) is 18.1 Å². The van der Waals surface area contributed by atoms with Crippen molar-refractivity contribution in [2.24, 2.45) is 5.16 Å². The molecule has 0 bridgehead atoms. The van der Waals surface area contributed by atoms with Crippen molar-refractivity contribution in [3.05, 3.63) is 46.1 Å². The van der Waals surface area contributed by atoms with Crippen LogP contribution in [0.25, 0.3) is 0 Å². The van der Waals surface area contributed by atoms with Crippen molar-refractivity contribution in [1.29, 1.82) is 0 Å². The first-order valence-corrected chi connectivity index (χ1v) is 17.2. The number of esters is 4. The summed E-state index contributed by atoms with van der Waals surface area (Å²) in [7, 11) is 0. The Morgan fingerprint density at radius 2 is 1.77 bits per heavy atom. The van der Waals surface area contributed by atoms with Gasteiger partial charge in [-0.2, -0.15) is 0 Å². The van der Waals surface area contributed by atoms with Gasteiger partial charge in [0.2, 0.25) is 5.60 Å². The Morgan fingerprint density at radius 3 is 2.38 bits per heavy atom. The van der Waals surface area contributed by atoms with Gasteiger partial charge in [0.1, 0.15) is 35.5 Å². The predicted octanol–water partition coefficient (Wildman–Crippen LogP) is 1.82. The minimum absolute atomic E-state index is 0.0273. The third-order valence-electron chi connectivity index (χ3n) is 7.10. The van der Waals surface area contributed by atoms with Crippen molar-refractivity contribution >= 4 is 76.1 Å². The molecule has 1 saturated heterocycles. The second-order valence-corrected chi connectivity index (χ2v) is 14.4. The zero-order chi connectivity index (χ0) is 38.5. The van der Waals surface area contributed by atoms with Crippen LogP contribution in [0.2, 0.25) is 0 Å². The van der Waals surface area contributed by atoms with E-state index < -0.39 is 76.6 Å². The average Bonchev–Trinajstić information content (AvgIpc) is 3.44. The number of thioether (sulfide) groups is 1. The van der Waals surface area contributed by atoms with Gasteiger partial charge in [-0.3, -0.25) is 24.1 Å². The Hall–Kier alpha value is -5.50. The number of rotatable bonds is 14. The Labute approximate surface area is 304 Å². The van der Waals surface area contributed by atoms with Gasteiger partial charge in [-0.05, 0) is 45.9 Å². The molecule has 2 aliphatic heterocycles. The molecule has 4 N–H and O–H groups in total. The number of thiazole rings is 1. The summed E-state index contributed by atoms with van der Waals surface area (Å²) in [6.45, 7) is 7.91. The number of carbonyl (C=O) groups excluding carboxylic acids is 6. The van der Waals surface area contributed by atoms with Crippen molar-refractivity contribution in [3.63, 3.8) is 0 Å². The Morgan fingerprint density at radius 1 is 1.10 bits per heavy atom. The van der Waals surface area contributed by atoms with Crippen LogP contribution in [0, 0.1) is 0 Å². The molecule has 1 aromatic heterocycles. The number of carboxylic acids is 1. The molecule has 2 amide bonds. The second kappa shape index (κ2) is 15.8. The van der Waals surface area contributed by atoms with Crippen LogP contribution < -0.4 is 20.5 Å². The number of β-lactam (4-membered cyclic amide) rings is 1. The summed E-state index contributed by atoms with van der Waals surface area (Å²) in [5.74, 6) is -6.46. The van der Waals surface area contributed by atoms with E-state index in [9.17, 15) is 38.7 Å². The van der Waals surface area contributed by atoms with Crippen LogP contribution in [0.15, 0.2) is 40.0 Å². The molecule has 20 heteroatoms. The molecule has 278 valence electrons. The normalized spacial score (nSPS) is 17.1. The first-order chi connectivity index (χ1) is 24.3. The number of nitrogens with one attached hydrogen (secondary N) is 1. The lowest BCUT2D eigenvalue weighted by molar-refractivity contribution is -0.181. The third kappa shape index (κ3) is 9.63. The number of nitrogens with zero attached hydrogens (tertiary/aromatic N) is 3. The van der Waals surface area contributed by atoms with Gasteiger partial charge in [0.25, 0.3) is 11.8 Å². The fourth-order valence-electron chi connectivity index (χ4n) is 4.82. The van der Waals surface area contributed by atoms with Gasteiger partial charge in [0.05, 0.1) is 11.3 Å². The SMILES string of the molecule is CC(=O)Oc1ccc(C(=O)OCC2=C(C(=O)O)N3C(=O)[C@@H](NC(=O)C=NOC(C)(C)C(=O)OC(C)(C)Cc4csc(N)n4)[C@H]3SC2)cc1OC(C)=O. The van der Waals surface area contributed by atoms with E-state index in [4.69, 9.17) is 29.5 Å². The van der Waals surface area contributed by atoms with Crippen LogP contribution in [0.1, 0.15) is 57.6 Å². The topological polar surface area (TPSA) is 252 Å². The van der Waals surface area contributed by atoms with E-state index in [2.05, 4.69) is 15.5 Å². The number of nitrogen functional groups attached to an aromatic ring is 1. The highest BCUT2D eigenvalue weighted by atomic mass is 32.2. The summed E-state index contributed by atoms with van der Waals surface area (Å²) in [6.07, 6.45) is 1.02. The van der Waals surface area contributed by atoms with Crippen LogP contribution in [0.5, 0.6) is 11.5 Å². The van der Waals surface area contributed by atoms with E-state index in [1.54, 1.807) is 19.2 Å². The van der Waals surface area contributed by atoms with E-state index >= 15 is 0 Å². The van der Waals surface area contributed by atoms with Crippen LogP contribution in [-0.4, -0.2) is 97.8 Å². The molecule has 0 spiro atoms.